The molecule has 3 aromatic rings. The Morgan fingerprint density at radius 3 is 2.59 bits per heavy atom. The lowest BCUT2D eigenvalue weighted by molar-refractivity contribution is 0.103. The molecule has 0 spiro atoms. The highest BCUT2D eigenvalue weighted by molar-refractivity contribution is 7.17. The van der Waals surface area contributed by atoms with Gasteiger partial charge in [-0.05, 0) is 50.0 Å². The van der Waals surface area contributed by atoms with E-state index in [1.807, 2.05) is 35.8 Å². The minimum Gasteiger partial charge on any atom is -0.313 e. The van der Waals surface area contributed by atoms with E-state index in [1.165, 1.54) is 27.3 Å². The van der Waals surface area contributed by atoms with Gasteiger partial charge in [0.1, 0.15) is 5.00 Å². The number of aromatic nitrogens is 1. The fraction of sp³-hybridized carbons (Fsp3) is 0.364. The number of hydrogen-bond donors (Lipinski definition) is 1. The normalized spacial score (nSPS) is 16.7. The lowest BCUT2D eigenvalue weighted by Gasteiger charge is -2.38. The van der Waals surface area contributed by atoms with Crippen LogP contribution in [-0.4, -0.2) is 53.9 Å². The van der Waals surface area contributed by atoms with Crippen LogP contribution in [0, 0.1) is 13.8 Å². The number of thiophene rings is 2. The summed E-state index contributed by atoms with van der Waals surface area (Å²) in [7, 11) is 2.17. The first-order chi connectivity index (χ1) is 14.0. The maximum Gasteiger partial charge on any atom is 0.266 e. The number of anilines is 1. The van der Waals surface area contributed by atoms with Gasteiger partial charge in [-0.2, -0.15) is 0 Å². The largest absolute Gasteiger partial charge is 0.313 e. The van der Waals surface area contributed by atoms with E-state index in [1.54, 1.807) is 11.3 Å². The summed E-state index contributed by atoms with van der Waals surface area (Å²) in [6.07, 6.45) is 1.86. The van der Waals surface area contributed by atoms with Crippen LogP contribution in [0.5, 0.6) is 0 Å². The molecular weight excluding hydrogens is 400 g/mol. The third kappa shape index (κ3) is 4.28. The number of aryl methyl sites for hydroxylation is 1. The second kappa shape index (κ2) is 8.75. The highest BCUT2D eigenvalue weighted by atomic mass is 32.1. The number of hydrogen-bond acceptors (Lipinski definition) is 6. The number of carbonyl (C=O) groups is 1. The molecule has 1 atom stereocenters. The Morgan fingerprint density at radius 2 is 1.93 bits per heavy atom. The zero-order valence-corrected chi connectivity index (χ0v) is 18.6. The molecule has 1 saturated heterocycles. The van der Waals surface area contributed by atoms with E-state index in [9.17, 15) is 4.79 Å². The van der Waals surface area contributed by atoms with E-state index in [0.717, 1.165) is 41.8 Å². The quantitative estimate of drug-likeness (QED) is 0.657. The lowest BCUT2D eigenvalue weighted by atomic mass is 9.97. The molecule has 1 fully saturated rings. The molecule has 0 radical (unpaired) electrons. The highest BCUT2D eigenvalue weighted by Crippen LogP contribution is 2.42. The Morgan fingerprint density at radius 1 is 1.14 bits per heavy atom. The first kappa shape index (κ1) is 20.2. The van der Waals surface area contributed by atoms with Crippen molar-refractivity contribution in [2.24, 2.45) is 0 Å². The molecule has 7 heteroatoms. The molecule has 29 heavy (non-hydrogen) atoms. The summed E-state index contributed by atoms with van der Waals surface area (Å²) in [6.45, 7) is 8.30. The summed E-state index contributed by atoms with van der Waals surface area (Å²) >= 11 is 3.13. The van der Waals surface area contributed by atoms with Crippen LogP contribution in [-0.2, 0) is 0 Å². The molecule has 152 valence electrons. The van der Waals surface area contributed by atoms with Gasteiger partial charge in [0.05, 0.1) is 16.6 Å². The number of pyridine rings is 1. The van der Waals surface area contributed by atoms with Crippen LogP contribution < -0.4 is 5.32 Å². The Labute approximate surface area is 180 Å². The number of nitrogens with zero attached hydrogens (tertiary/aromatic N) is 3. The molecule has 0 aromatic carbocycles. The van der Waals surface area contributed by atoms with Gasteiger partial charge in [0.2, 0.25) is 0 Å². The van der Waals surface area contributed by atoms with Gasteiger partial charge in [0.25, 0.3) is 5.91 Å². The number of nitrogens with one attached hydrogen (secondary N) is 1. The van der Waals surface area contributed by atoms with Gasteiger partial charge < -0.3 is 10.2 Å². The molecule has 1 N–H and O–H groups in total. The van der Waals surface area contributed by atoms with Crippen molar-refractivity contribution in [3.05, 3.63) is 68.5 Å². The molecule has 0 bridgehead atoms. The van der Waals surface area contributed by atoms with Crippen molar-refractivity contribution in [3.63, 3.8) is 0 Å². The highest BCUT2D eigenvalue weighted by Gasteiger charge is 2.31. The molecular formula is C22H26N4OS2. The van der Waals surface area contributed by atoms with E-state index < -0.39 is 0 Å². The molecule has 3 aromatic heterocycles. The maximum absolute atomic E-state index is 12.8. The third-order valence-corrected chi connectivity index (χ3v) is 7.56. The van der Waals surface area contributed by atoms with Crippen LogP contribution in [0.15, 0.2) is 41.9 Å². The van der Waals surface area contributed by atoms with Crippen molar-refractivity contribution in [3.8, 4) is 0 Å². The molecule has 4 rings (SSSR count). The van der Waals surface area contributed by atoms with Gasteiger partial charge in [-0.15, -0.1) is 22.7 Å². The van der Waals surface area contributed by atoms with E-state index in [4.69, 9.17) is 4.98 Å². The van der Waals surface area contributed by atoms with Gasteiger partial charge in [-0.1, -0.05) is 12.1 Å². The Hall–Kier alpha value is -2.06. The van der Waals surface area contributed by atoms with Crippen LogP contribution >= 0.6 is 22.7 Å². The lowest BCUT2D eigenvalue weighted by Crippen LogP contribution is -2.46. The molecule has 4 heterocycles. The third-order valence-electron chi connectivity index (χ3n) is 5.55. The number of rotatable bonds is 5. The van der Waals surface area contributed by atoms with Crippen LogP contribution in [0.25, 0.3) is 0 Å². The summed E-state index contributed by atoms with van der Waals surface area (Å²) in [5.74, 6) is -0.0411. The van der Waals surface area contributed by atoms with Crippen molar-refractivity contribution in [1.29, 1.82) is 0 Å². The average Bonchev–Trinajstić information content (AvgIpc) is 3.35. The fourth-order valence-corrected chi connectivity index (χ4v) is 5.48. The summed E-state index contributed by atoms with van der Waals surface area (Å²) in [6, 6.07) is 9.91. The molecule has 1 unspecified atom stereocenters. The van der Waals surface area contributed by atoms with Crippen LogP contribution in [0.4, 0.5) is 5.00 Å². The van der Waals surface area contributed by atoms with E-state index in [-0.39, 0.29) is 11.9 Å². The van der Waals surface area contributed by atoms with Gasteiger partial charge >= 0.3 is 0 Å². The zero-order chi connectivity index (χ0) is 20.4. The molecule has 1 amide bonds. The van der Waals surface area contributed by atoms with Crippen molar-refractivity contribution in [2.75, 3.05) is 38.5 Å². The second-order valence-electron chi connectivity index (χ2n) is 7.45. The number of piperazine rings is 1. The van der Waals surface area contributed by atoms with Crippen LogP contribution in [0.1, 0.15) is 37.4 Å². The van der Waals surface area contributed by atoms with Gasteiger partial charge in [-0.25, -0.2) is 0 Å². The standard InChI is InChI=1S/C22H26N4OS2/c1-15-16(2)29-22(24-21(27)18-8-6-14-28-18)19(15)20(17-7-4-5-9-23-17)26-12-10-25(3)11-13-26/h4-9,14,20H,10-13H2,1-3H3,(H,24,27). The minimum absolute atomic E-state index is 0.0356. The van der Waals surface area contributed by atoms with Crippen molar-refractivity contribution in [2.45, 2.75) is 19.9 Å². The molecule has 1 aliphatic heterocycles. The first-order valence-electron chi connectivity index (χ1n) is 9.83. The number of amides is 1. The van der Waals surface area contributed by atoms with Crippen molar-refractivity contribution in [1.82, 2.24) is 14.8 Å². The summed E-state index contributed by atoms with van der Waals surface area (Å²) < 4.78 is 0. The van der Waals surface area contributed by atoms with Gasteiger partial charge in [0, 0.05) is 42.8 Å². The smallest absolute Gasteiger partial charge is 0.266 e. The Balaban J connectivity index is 1.75. The molecule has 1 aliphatic rings. The SMILES string of the molecule is Cc1sc(NC(=O)c2cccs2)c(C(c2ccccn2)N2CCN(C)CC2)c1C. The zero-order valence-electron chi connectivity index (χ0n) is 17.0. The molecule has 0 saturated carbocycles. The van der Waals surface area contributed by atoms with Crippen molar-refractivity contribution < 1.29 is 4.79 Å². The van der Waals surface area contributed by atoms with E-state index >= 15 is 0 Å². The maximum atomic E-state index is 12.8. The molecule has 0 aliphatic carbocycles. The Bertz CT molecular complexity index is 960. The van der Waals surface area contributed by atoms with E-state index in [0.29, 0.717) is 0 Å². The Kier molecular flexibility index (Phi) is 6.10. The first-order valence-corrected chi connectivity index (χ1v) is 11.5. The number of carbonyl (C=O) groups excluding carboxylic acids is 1. The van der Waals surface area contributed by atoms with Crippen LogP contribution in [0.2, 0.25) is 0 Å². The minimum atomic E-state index is -0.0411. The van der Waals surface area contributed by atoms with Gasteiger partial charge in [0.15, 0.2) is 0 Å². The summed E-state index contributed by atoms with van der Waals surface area (Å²) in [4.78, 5) is 24.3. The van der Waals surface area contributed by atoms with Gasteiger partial charge in [-0.3, -0.25) is 14.7 Å². The fourth-order valence-electron chi connectivity index (χ4n) is 3.77. The van der Waals surface area contributed by atoms with Crippen molar-refractivity contribution >= 4 is 33.6 Å². The predicted octanol–water partition coefficient (Wildman–Crippen LogP) is 4.41. The predicted molar refractivity (Wildman–Crippen MR) is 121 cm³/mol. The number of likely N-dealkylation sites (N-methyl/N-ethyl adjacent to an activating group) is 1. The average molecular weight is 427 g/mol. The topological polar surface area (TPSA) is 48.5 Å². The summed E-state index contributed by atoms with van der Waals surface area (Å²) in [5, 5.41) is 6.07. The monoisotopic (exact) mass is 426 g/mol. The van der Waals surface area contributed by atoms with E-state index in [2.05, 4.69) is 42.1 Å². The second-order valence-corrected chi connectivity index (χ2v) is 9.63. The van der Waals surface area contributed by atoms with Crippen LogP contribution in [0.3, 0.4) is 0 Å². The molecule has 5 nitrogen and oxygen atoms in total. The summed E-state index contributed by atoms with van der Waals surface area (Å²) in [5.41, 5.74) is 3.45.